The Morgan fingerprint density at radius 2 is 1.86 bits per heavy atom. The molecule has 22 heavy (non-hydrogen) atoms. The van der Waals surface area contributed by atoms with Crippen LogP contribution in [-0.4, -0.2) is 30.9 Å². The summed E-state index contributed by atoms with van der Waals surface area (Å²) in [6.45, 7) is -0.285. The largest absolute Gasteiger partial charge is 0.466 e. The monoisotopic (exact) mass is 315 g/mol. The zero-order chi connectivity index (χ0) is 16.8. The van der Waals surface area contributed by atoms with Gasteiger partial charge in [0, 0.05) is 0 Å². The van der Waals surface area contributed by atoms with Crippen LogP contribution in [0.2, 0.25) is 0 Å². The molecule has 1 aromatic rings. The second-order valence-corrected chi connectivity index (χ2v) is 4.07. The number of carbonyl (C=O) groups excluding carboxylic acids is 2. The van der Waals surface area contributed by atoms with Crippen molar-refractivity contribution < 1.29 is 32.2 Å². The third-order valence-electron chi connectivity index (χ3n) is 2.64. The molecule has 0 saturated heterocycles. The smallest absolute Gasteiger partial charge is 0.434 e. The number of terminal acetylenes is 1. The molecule has 1 amide bonds. The number of rotatable bonds is 4. The van der Waals surface area contributed by atoms with Gasteiger partial charge in [0.2, 0.25) is 0 Å². The Morgan fingerprint density at radius 3 is 2.32 bits per heavy atom. The maximum Gasteiger partial charge on any atom is 0.434 e. The average molecular weight is 315 g/mol. The number of hydrogen-bond acceptors (Lipinski definition) is 4. The maximum atomic E-state index is 13.0. The number of benzene rings is 1. The molecule has 5 nitrogen and oxygen atoms in total. The lowest BCUT2D eigenvalue weighted by molar-refractivity contribution is -0.197. The highest BCUT2D eigenvalue weighted by Crippen LogP contribution is 2.31. The Balaban J connectivity index is 2.85. The van der Waals surface area contributed by atoms with Crippen molar-refractivity contribution in [2.75, 3.05) is 7.11 Å². The van der Waals surface area contributed by atoms with Gasteiger partial charge in [-0.1, -0.05) is 36.3 Å². The van der Waals surface area contributed by atoms with Crippen molar-refractivity contribution in [2.45, 2.75) is 18.3 Å². The van der Waals surface area contributed by atoms with Gasteiger partial charge in [0.1, 0.15) is 6.61 Å². The molecular formula is C14H12F3NO4. The first-order valence-electron chi connectivity index (χ1n) is 5.88. The van der Waals surface area contributed by atoms with Gasteiger partial charge in [0.25, 0.3) is 5.54 Å². The first-order chi connectivity index (χ1) is 10.3. The number of esters is 1. The number of amides is 1. The maximum absolute atomic E-state index is 13.0. The van der Waals surface area contributed by atoms with Crippen molar-refractivity contribution in [1.82, 2.24) is 5.32 Å². The quantitative estimate of drug-likeness (QED) is 0.682. The molecule has 0 aliphatic heterocycles. The van der Waals surface area contributed by atoms with E-state index in [0.717, 1.165) is 7.11 Å². The fourth-order valence-electron chi connectivity index (χ4n) is 1.48. The van der Waals surface area contributed by atoms with E-state index < -0.39 is 23.8 Å². The van der Waals surface area contributed by atoms with Crippen molar-refractivity contribution in [1.29, 1.82) is 0 Å². The number of carbonyl (C=O) groups is 2. The molecule has 1 atom stereocenters. The second kappa shape index (κ2) is 6.85. The van der Waals surface area contributed by atoms with Crippen LogP contribution in [0.5, 0.6) is 0 Å². The standard InChI is InChI=1S/C14H12F3NO4/c1-3-13(11(19)21-2,14(15,16)17)18-12(20)22-9-10-7-5-4-6-8-10/h1,4-8H,9H2,2H3,(H,18,20). The minimum atomic E-state index is -5.25. The number of methoxy groups -OCH3 is 1. The Hall–Kier alpha value is -2.69. The predicted molar refractivity (Wildman–Crippen MR) is 69.4 cm³/mol. The van der Waals surface area contributed by atoms with E-state index in [4.69, 9.17) is 6.42 Å². The summed E-state index contributed by atoms with van der Waals surface area (Å²) in [6.07, 6.45) is -1.96. The highest BCUT2D eigenvalue weighted by atomic mass is 19.4. The van der Waals surface area contributed by atoms with Gasteiger partial charge in [0.05, 0.1) is 7.11 Å². The second-order valence-electron chi connectivity index (χ2n) is 4.07. The number of ether oxygens (including phenoxy) is 2. The van der Waals surface area contributed by atoms with Crippen LogP contribution in [0.15, 0.2) is 30.3 Å². The first-order valence-corrected chi connectivity index (χ1v) is 5.88. The summed E-state index contributed by atoms with van der Waals surface area (Å²) in [5.41, 5.74) is -3.05. The summed E-state index contributed by atoms with van der Waals surface area (Å²) in [5, 5.41) is 1.34. The lowest BCUT2D eigenvalue weighted by atomic mass is 10.0. The van der Waals surface area contributed by atoms with Gasteiger partial charge in [-0.15, -0.1) is 6.42 Å². The molecule has 1 rings (SSSR count). The summed E-state index contributed by atoms with van der Waals surface area (Å²) < 4.78 is 47.7. The van der Waals surface area contributed by atoms with E-state index in [-0.39, 0.29) is 6.61 Å². The van der Waals surface area contributed by atoms with Crippen molar-refractivity contribution >= 4 is 12.1 Å². The van der Waals surface area contributed by atoms with Crippen LogP contribution in [0.4, 0.5) is 18.0 Å². The van der Waals surface area contributed by atoms with E-state index in [0.29, 0.717) is 5.56 Å². The highest BCUT2D eigenvalue weighted by molar-refractivity contribution is 5.90. The molecule has 1 N–H and O–H groups in total. The summed E-state index contributed by atoms with van der Waals surface area (Å²) in [5.74, 6) is -0.610. The normalized spacial score (nSPS) is 13.4. The van der Waals surface area contributed by atoms with E-state index in [1.807, 2.05) is 0 Å². The van der Waals surface area contributed by atoms with Crippen molar-refractivity contribution in [3.05, 3.63) is 35.9 Å². The van der Waals surface area contributed by atoms with Gasteiger partial charge in [0.15, 0.2) is 0 Å². The van der Waals surface area contributed by atoms with Gasteiger partial charge in [-0.25, -0.2) is 9.59 Å². The third-order valence-corrected chi connectivity index (χ3v) is 2.64. The van der Waals surface area contributed by atoms with E-state index in [1.165, 1.54) is 11.2 Å². The van der Waals surface area contributed by atoms with Gasteiger partial charge >= 0.3 is 18.2 Å². The van der Waals surface area contributed by atoms with Gasteiger partial charge in [-0.3, -0.25) is 5.32 Å². The number of hydrogen-bond donors (Lipinski definition) is 1. The molecular weight excluding hydrogens is 303 g/mol. The van der Waals surface area contributed by atoms with Crippen LogP contribution in [0, 0.1) is 12.3 Å². The van der Waals surface area contributed by atoms with Crippen LogP contribution in [0.25, 0.3) is 0 Å². The number of nitrogens with one attached hydrogen (secondary N) is 1. The molecule has 0 radical (unpaired) electrons. The summed E-state index contributed by atoms with van der Waals surface area (Å²) in [7, 11) is 0.719. The number of alkyl halides is 3. The zero-order valence-corrected chi connectivity index (χ0v) is 11.4. The summed E-state index contributed by atoms with van der Waals surface area (Å²) in [4.78, 5) is 22.9. The van der Waals surface area contributed by atoms with E-state index in [1.54, 1.807) is 30.3 Å². The lowest BCUT2D eigenvalue weighted by Gasteiger charge is -2.28. The van der Waals surface area contributed by atoms with Crippen molar-refractivity contribution in [3.63, 3.8) is 0 Å². The molecule has 8 heteroatoms. The van der Waals surface area contributed by atoms with E-state index in [2.05, 4.69) is 9.47 Å². The highest BCUT2D eigenvalue weighted by Gasteiger charge is 2.62. The fourth-order valence-corrected chi connectivity index (χ4v) is 1.48. The molecule has 0 saturated carbocycles. The van der Waals surface area contributed by atoms with Crippen LogP contribution in [0.3, 0.4) is 0 Å². The third kappa shape index (κ3) is 3.69. The van der Waals surface area contributed by atoms with Gasteiger partial charge < -0.3 is 9.47 Å². The topological polar surface area (TPSA) is 64.6 Å². The lowest BCUT2D eigenvalue weighted by Crippen LogP contribution is -2.63. The van der Waals surface area contributed by atoms with Crippen LogP contribution in [-0.2, 0) is 20.9 Å². The van der Waals surface area contributed by atoms with E-state index >= 15 is 0 Å². The number of halogens is 3. The molecule has 0 heterocycles. The SMILES string of the molecule is C#CC(NC(=O)OCc1ccccc1)(C(=O)OC)C(F)(F)F. The Morgan fingerprint density at radius 1 is 1.27 bits per heavy atom. The molecule has 0 spiro atoms. The fraction of sp³-hybridized carbons (Fsp3) is 0.286. The molecule has 1 unspecified atom stereocenters. The molecule has 0 bridgehead atoms. The Labute approximate surface area is 124 Å². The van der Waals surface area contributed by atoms with Gasteiger partial charge in [-0.05, 0) is 5.56 Å². The Kier molecular flexibility index (Phi) is 5.40. The van der Waals surface area contributed by atoms with Crippen LogP contribution >= 0.6 is 0 Å². The molecule has 0 fully saturated rings. The first kappa shape index (κ1) is 17.4. The van der Waals surface area contributed by atoms with Crippen molar-refractivity contribution in [3.8, 4) is 12.3 Å². The molecule has 118 valence electrons. The zero-order valence-electron chi connectivity index (χ0n) is 11.4. The molecule has 1 aromatic carbocycles. The van der Waals surface area contributed by atoms with Crippen LogP contribution < -0.4 is 5.32 Å². The molecule has 0 aliphatic carbocycles. The Bertz CT molecular complexity index is 580. The van der Waals surface area contributed by atoms with E-state index in [9.17, 15) is 22.8 Å². The summed E-state index contributed by atoms with van der Waals surface area (Å²) >= 11 is 0. The molecule has 0 aromatic heterocycles. The minimum absolute atomic E-state index is 0.285. The van der Waals surface area contributed by atoms with Gasteiger partial charge in [-0.2, -0.15) is 13.2 Å². The van der Waals surface area contributed by atoms with Crippen molar-refractivity contribution in [2.24, 2.45) is 0 Å². The summed E-state index contributed by atoms with van der Waals surface area (Å²) in [6, 6.07) is 8.24. The van der Waals surface area contributed by atoms with Crippen LogP contribution in [0.1, 0.15) is 5.56 Å². The minimum Gasteiger partial charge on any atom is -0.466 e. The average Bonchev–Trinajstić information content (AvgIpc) is 2.49. The molecule has 0 aliphatic rings. The predicted octanol–water partition coefficient (Wildman–Crippen LogP) is 2.02. The number of alkyl carbamates (subject to hydrolysis) is 1.